The van der Waals surface area contributed by atoms with E-state index < -0.39 is 0 Å². The average molecular weight is 214 g/mol. The van der Waals surface area contributed by atoms with E-state index in [2.05, 4.69) is 0 Å². The van der Waals surface area contributed by atoms with Crippen LogP contribution in [0.5, 0.6) is 0 Å². The summed E-state index contributed by atoms with van der Waals surface area (Å²) in [6.07, 6.45) is 7.32. The third-order valence-electron chi connectivity index (χ3n) is 3.04. The Hall–Kier alpha value is -0.0800. The summed E-state index contributed by atoms with van der Waals surface area (Å²) in [5, 5.41) is 9.84. The Labute approximate surface area is 94.0 Å². The minimum absolute atomic E-state index is 0.131. The van der Waals surface area contributed by atoms with Gasteiger partial charge in [0.25, 0.3) is 0 Å². The van der Waals surface area contributed by atoms with Crippen molar-refractivity contribution in [3.8, 4) is 0 Å². The molecule has 0 heterocycles. The van der Waals surface area contributed by atoms with Gasteiger partial charge in [0.05, 0.1) is 18.3 Å². The van der Waals surface area contributed by atoms with Gasteiger partial charge in [0.1, 0.15) is 0 Å². The molecule has 1 rings (SSSR count). The Morgan fingerprint density at radius 2 is 1.80 bits per heavy atom. The van der Waals surface area contributed by atoms with Crippen LogP contribution in [0.3, 0.4) is 0 Å². The van der Waals surface area contributed by atoms with Gasteiger partial charge in [-0.15, -0.1) is 0 Å². The third-order valence-corrected chi connectivity index (χ3v) is 3.04. The molecule has 0 unspecified atom stereocenters. The Kier molecular flexibility index (Phi) is 5.07. The lowest BCUT2D eigenvalue weighted by molar-refractivity contribution is -0.0551. The molecule has 1 fully saturated rings. The minimum Gasteiger partial charge on any atom is -0.391 e. The number of rotatable bonds is 4. The normalized spacial score (nSPS) is 21.6. The second-order valence-electron chi connectivity index (χ2n) is 5.82. The standard InChI is InChI=1S/C13H26O2/c1-13(2,3)15-10-12(14)9-11-7-5-4-6-8-11/h11-12,14H,4-10H2,1-3H3/t12-/m0/s1. The Bertz CT molecular complexity index is 166. The van der Waals surface area contributed by atoms with Crippen molar-refractivity contribution in [2.75, 3.05) is 6.61 Å². The molecular weight excluding hydrogens is 188 g/mol. The van der Waals surface area contributed by atoms with Crippen LogP contribution in [0.25, 0.3) is 0 Å². The van der Waals surface area contributed by atoms with Crippen molar-refractivity contribution in [1.29, 1.82) is 0 Å². The number of ether oxygens (including phenoxy) is 1. The van der Waals surface area contributed by atoms with Gasteiger partial charge in [-0.3, -0.25) is 0 Å². The van der Waals surface area contributed by atoms with Crippen LogP contribution in [-0.2, 0) is 4.74 Å². The maximum absolute atomic E-state index is 9.84. The van der Waals surface area contributed by atoms with Crippen molar-refractivity contribution in [3.63, 3.8) is 0 Å². The van der Waals surface area contributed by atoms with E-state index in [0.717, 1.165) is 12.3 Å². The van der Waals surface area contributed by atoms with Crippen LogP contribution in [-0.4, -0.2) is 23.4 Å². The highest BCUT2D eigenvalue weighted by molar-refractivity contribution is 4.70. The van der Waals surface area contributed by atoms with Crippen LogP contribution in [0.1, 0.15) is 59.3 Å². The molecule has 1 aliphatic carbocycles. The molecule has 0 aromatic carbocycles. The zero-order chi connectivity index (χ0) is 11.3. The van der Waals surface area contributed by atoms with Crippen molar-refractivity contribution >= 4 is 0 Å². The molecule has 90 valence electrons. The van der Waals surface area contributed by atoms with Crippen LogP contribution < -0.4 is 0 Å². The maximum Gasteiger partial charge on any atom is 0.0776 e. The van der Waals surface area contributed by atoms with Gasteiger partial charge in [-0.05, 0) is 33.1 Å². The number of hydrogen-bond acceptors (Lipinski definition) is 2. The highest BCUT2D eigenvalue weighted by atomic mass is 16.5. The predicted molar refractivity (Wildman–Crippen MR) is 62.9 cm³/mol. The summed E-state index contributed by atoms with van der Waals surface area (Å²) in [7, 11) is 0. The fourth-order valence-corrected chi connectivity index (χ4v) is 2.22. The van der Waals surface area contributed by atoms with Crippen LogP contribution in [0, 0.1) is 5.92 Å². The van der Waals surface area contributed by atoms with Gasteiger partial charge in [0.15, 0.2) is 0 Å². The largest absolute Gasteiger partial charge is 0.391 e. The number of aliphatic hydroxyl groups excluding tert-OH is 1. The topological polar surface area (TPSA) is 29.5 Å². The first-order valence-electron chi connectivity index (χ1n) is 6.29. The van der Waals surface area contributed by atoms with Crippen molar-refractivity contribution in [2.24, 2.45) is 5.92 Å². The van der Waals surface area contributed by atoms with Gasteiger partial charge in [-0.1, -0.05) is 32.1 Å². The van der Waals surface area contributed by atoms with Crippen molar-refractivity contribution in [1.82, 2.24) is 0 Å². The summed E-state index contributed by atoms with van der Waals surface area (Å²) >= 11 is 0. The highest BCUT2D eigenvalue weighted by Gasteiger charge is 2.19. The predicted octanol–water partition coefficient (Wildman–Crippen LogP) is 3.13. The summed E-state index contributed by atoms with van der Waals surface area (Å²) in [5.74, 6) is 0.734. The van der Waals surface area contributed by atoms with E-state index in [9.17, 15) is 5.11 Å². The second-order valence-corrected chi connectivity index (χ2v) is 5.82. The Morgan fingerprint density at radius 1 is 1.20 bits per heavy atom. The summed E-state index contributed by atoms with van der Waals surface area (Å²) in [5.41, 5.74) is -0.131. The smallest absolute Gasteiger partial charge is 0.0776 e. The van der Waals surface area contributed by atoms with E-state index in [-0.39, 0.29) is 11.7 Å². The van der Waals surface area contributed by atoms with Crippen molar-refractivity contribution in [2.45, 2.75) is 71.0 Å². The van der Waals surface area contributed by atoms with Gasteiger partial charge in [0, 0.05) is 0 Å². The molecule has 0 saturated heterocycles. The van der Waals surface area contributed by atoms with E-state index >= 15 is 0 Å². The zero-order valence-corrected chi connectivity index (χ0v) is 10.5. The second kappa shape index (κ2) is 5.86. The molecule has 15 heavy (non-hydrogen) atoms. The minimum atomic E-state index is -0.271. The molecule has 1 atom stereocenters. The highest BCUT2D eigenvalue weighted by Crippen LogP contribution is 2.27. The molecule has 1 saturated carbocycles. The summed E-state index contributed by atoms with van der Waals surface area (Å²) in [4.78, 5) is 0. The molecule has 0 aromatic rings. The maximum atomic E-state index is 9.84. The van der Waals surface area contributed by atoms with Gasteiger partial charge >= 0.3 is 0 Å². The lowest BCUT2D eigenvalue weighted by atomic mass is 9.85. The molecule has 1 N–H and O–H groups in total. The molecule has 0 radical (unpaired) electrons. The monoisotopic (exact) mass is 214 g/mol. The number of hydrogen-bond donors (Lipinski definition) is 1. The molecule has 2 heteroatoms. The van der Waals surface area contributed by atoms with Crippen molar-refractivity contribution in [3.05, 3.63) is 0 Å². The summed E-state index contributed by atoms with van der Waals surface area (Å²) < 4.78 is 5.58. The molecule has 0 aromatic heterocycles. The lowest BCUT2D eigenvalue weighted by Gasteiger charge is -2.26. The van der Waals surface area contributed by atoms with Gasteiger partial charge in [0.2, 0.25) is 0 Å². The molecule has 2 nitrogen and oxygen atoms in total. The van der Waals surface area contributed by atoms with Crippen LogP contribution in [0.15, 0.2) is 0 Å². The van der Waals surface area contributed by atoms with Crippen LogP contribution >= 0.6 is 0 Å². The van der Waals surface area contributed by atoms with Gasteiger partial charge in [-0.25, -0.2) is 0 Å². The first-order chi connectivity index (χ1) is 6.97. The van der Waals surface area contributed by atoms with Crippen molar-refractivity contribution < 1.29 is 9.84 Å². The molecule has 1 aliphatic rings. The average Bonchev–Trinajstić information content (AvgIpc) is 2.15. The molecule has 0 spiro atoms. The summed E-state index contributed by atoms with van der Waals surface area (Å²) in [6, 6.07) is 0. The fourth-order valence-electron chi connectivity index (χ4n) is 2.22. The van der Waals surface area contributed by atoms with E-state index in [0.29, 0.717) is 6.61 Å². The lowest BCUT2D eigenvalue weighted by Crippen LogP contribution is -2.28. The number of aliphatic hydroxyl groups is 1. The summed E-state index contributed by atoms with van der Waals surface area (Å²) in [6.45, 7) is 6.57. The van der Waals surface area contributed by atoms with Gasteiger partial charge < -0.3 is 9.84 Å². The first kappa shape index (κ1) is 13.0. The zero-order valence-electron chi connectivity index (χ0n) is 10.5. The molecule has 0 amide bonds. The Balaban J connectivity index is 2.14. The molecular formula is C13H26O2. The van der Waals surface area contributed by atoms with Crippen LogP contribution in [0.2, 0.25) is 0 Å². The molecule has 0 bridgehead atoms. The van der Waals surface area contributed by atoms with Gasteiger partial charge in [-0.2, -0.15) is 0 Å². The Morgan fingerprint density at radius 3 is 2.33 bits per heavy atom. The SMILES string of the molecule is CC(C)(C)OC[C@@H](O)CC1CCCCC1. The quantitative estimate of drug-likeness (QED) is 0.779. The molecule has 0 aliphatic heterocycles. The van der Waals surface area contributed by atoms with E-state index in [1.807, 2.05) is 20.8 Å². The van der Waals surface area contributed by atoms with E-state index in [1.54, 1.807) is 0 Å². The van der Waals surface area contributed by atoms with Crippen LogP contribution in [0.4, 0.5) is 0 Å². The van der Waals surface area contributed by atoms with E-state index in [4.69, 9.17) is 4.74 Å². The van der Waals surface area contributed by atoms with E-state index in [1.165, 1.54) is 32.1 Å². The first-order valence-corrected chi connectivity index (χ1v) is 6.29. The third kappa shape index (κ3) is 6.16. The fraction of sp³-hybridized carbons (Fsp3) is 1.00.